The van der Waals surface area contributed by atoms with Gasteiger partial charge in [-0.25, -0.2) is 8.78 Å². The molecule has 0 aromatic carbocycles. The number of carbonyl (C=O) groups is 12. The van der Waals surface area contributed by atoms with Crippen molar-refractivity contribution in [2.45, 2.75) is 296 Å². The maximum Gasteiger partial charge on any atom is 0.260 e. The lowest BCUT2D eigenvalue weighted by Gasteiger charge is -2.39. The number of nitrogens with one attached hydrogen (secondary N) is 5. The maximum atomic E-state index is 15.7. The molecule has 3 aliphatic heterocycles. The van der Waals surface area contributed by atoms with Crippen LogP contribution in [0.25, 0.3) is 0 Å². The van der Waals surface area contributed by atoms with Crippen molar-refractivity contribution >= 4 is 70.9 Å². The number of hydrogen-bond donors (Lipinski definition) is 6. The number of halogens is 2. The van der Waals surface area contributed by atoms with E-state index in [9.17, 15) is 29.1 Å². The second-order valence-electron chi connectivity index (χ2n) is 33.7. The Morgan fingerprint density at radius 2 is 1.04 bits per heavy atom. The first kappa shape index (κ1) is 90.0. The standard InChI is InChI=1S/C77H133F2N13O14/c1-47(2)39-54-70(100)87(15)58(40-48(3)4)68(98)84-64(51(9)93)74(104)85(13)44-62(95)86(14)57(33-38-91-35-28-34-77(78,79)46-91)66(96)82-56(45-106-76(10,11)12)71(101)89(17)60(42-53-31-24-20-25-32-53)73(103)90(18)65(50(7)8)69(99)81-55(72(102)92-36-26-21-27-37-92)43-61(94)83-63(49(5)6)75(105)88(16)59(67(97)80-54)41-52-29-22-19-23-30-52/h47-60,63-65,93H,19-46H2,1-18H3,(H,80,97)(H,81,99)(H,82,96)(H,83,94)(H,84,98)/t51-,54+,55+,56+,57+,58+,59+,60+,63-,64+,65+/m1/s1. The summed E-state index contributed by atoms with van der Waals surface area (Å²) >= 11 is 0. The van der Waals surface area contributed by atoms with Crippen molar-refractivity contribution in [2.24, 2.45) is 35.5 Å². The van der Waals surface area contributed by atoms with E-state index in [2.05, 4.69) is 26.6 Å². The Morgan fingerprint density at radius 3 is 1.57 bits per heavy atom. The number of hydrogen-bond acceptors (Lipinski definition) is 15. The molecule has 12 amide bonds. The van der Waals surface area contributed by atoms with E-state index < -0.39 is 187 Å². The van der Waals surface area contributed by atoms with Crippen LogP contribution in [0.2, 0.25) is 0 Å². The zero-order valence-electron chi connectivity index (χ0n) is 67.2. The lowest BCUT2D eigenvalue weighted by Crippen LogP contribution is -2.62. The number of carbonyl (C=O) groups excluding carboxylic acids is 12. The number of likely N-dealkylation sites (tertiary alicyclic amines) is 2. The Bertz CT molecular complexity index is 2970. The van der Waals surface area contributed by atoms with Gasteiger partial charge < -0.3 is 70.7 Å². The molecule has 0 radical (unpaired) electrons. The smallest absolute Gasteiger partial charge is 0.260 e. The van der Waals surface area contributed by atoms with Crippen LogP contribution >= 0.6 is 0 Å². The summed E-state index contributed by atoms with van der Waals surface area (Å²) in [5.41, 5.74) is -0.912. The zero-order valence-corrected chi connectivity index (χ0v) is 67.2. The third-order valence-electron chi connectivity index (χ3n) is 21.9. The van der Waals surface area contributed by atoms with E-state index >= 15 is 42.3 Å². The van der Waals surface area contributed by atoms with Gasteiger partial charge >= 0.3 is 0 Å². The van der Waals surface area contributed by atoms with E-state index in [1.54, 1.807) is 53.4 Å². The highest BCUT2D eigenvalue weighted by atomic mass is 19.3. The molecule has 3 saturated heterocycles. The largest absolute Gasteiger partial charge is 0.391 e. The van der Waals surface area contributed by atoms with E-state index in [0.717, 1.165) is 80.4 Å². The summed E-state index contributed by atoms with van der Waals surface area (Å²) < 4.78 is 36.2. The number of nitrogens with zero attached hydrogens (tertiary/aromatic N) is 8. The van der Waals surface area contributed by atoms with Crippen LogP contribution in [0, 0.1) is 35.5 Å². The number of rotatable bonds is 17. The molecule has 5 fully saturated rings. The van der Waals surface area contributed by atoms with Gasteiger partial charge in [0.2, 0.25) is 70.9 Å². The SMILES string of the molecule is CC(C)C[C@@H]1NC(=O)[C@H](CC2CCCCC2)N(C)C(=O)[C@@H](C(C)C)NC(=O)C[C@@H](C(=O)N2CCCCC2)NC(=O)[C@H](C(C)C)N(C)C(=O)[C@H](CC2CCCCC2)N(C)C(=O)[C@H](COC(C)(C)C)NC(=O)[C@H](CCN2CCCC(F)(F)C2)N(C)C(=O)CN(C)C(=O)[C@H]([C@@H](C)O)NC(=O)[C@H](CC(C)C)N(C)C1=O. The van der Waals surface area contributed by atoms with Gasteiger partial charge in [-0.2, -0.15) is 0 Å². The van der Waals surface area contributed by atoms with Gasteiger partial charge in [-0.3, -0.25) is 62.4 Å². The van der Waals surface area contributed by atoms with Crippen molar-refractivity contribution in [2.75, 3.05) is 88.2 Å². The Balaban J connectivity index is 1.70. The Hall–Kier alpha value is -6.62. The molecule has 11 atom stereocenters. The van der Waals surface area contributed by atoms with E-state index in [0.29, 0.717) is 25.9 Å². The van der Waals surface area contributed by atoms with Crippen molar-refractivity contribution in [3.05, 3.63) is 0 Å². The third-order valence-corrected chi connectivity index (χ3v) is 21.9. The summed E-state index contributed by atoms with van der Waals surface area (Å²) in [7, 11) is 8.28. The topological polar surface area (TPSA) is 320 Å². The molecule has 106 heavy (non-hydrogen) atoms. The molecule has 3 heterocycles. The van der Waals surface area contributed by atoms with Crippen molar-refractivity contribution in [1.82, 2.24) is 65.8 Å². The van der Waals surface area contributed by atoms with Gasteiger partial charge in [-0.05, 0) is 128 Å². The summed E-state index contributed by atoms with van der Waals surface area (Å²) in [5, 5.41) is 25.5. The molecule has 0 unspecified atom stereocenters. The van der Waals surface area contributed by atoms with Crippen LogP contribution in [0.4, 0.5) is 8.78 Å². The number of aliphatic hydroxyl groups excluding tert-OH is 1. The van der Waals surface area contributed by atoms with Crippen LogP contribution in [0.5, 0.6) is 0 Å². The predicted octanol–water partition coefficient (Wildman–Crippen LogP) is 5.08. The first-order chi connectivity index (χ1) is 49.5. The Morgan fingerprint density at radius 1 is 0.528 bits per heavy atom. The molecule has 5 aliphatic rings. The fourth-order valence-corrected chi connectivity index (χ4v) is 15.6. The van der Waals surface area contributed by atoms with E-state index in [1.807, 2.05) is 27.7 Å². The highest BCUT2D eigenvalue weighted by Crippen LogP contribution is 2.33. The van der Waals surface area contributed by atoms with Gasteiger partial charge in [-0.1, -0.05) is 120 Å². The Kier molecular flexibility index (Phi) is 35.0. The zero-order chi connectivity index (χ0) is 79.4. The van der Waals surface area contributed by atoms with Gasteiger partial charge in [0, 0.05) is 68.3 Å². The summed E-state index contributed by atoms with van der Waals surface area (Å²) in [6.07, 6.45) is 8.49. The summed E-state index contributed by atoms with van der Waals surface area (Å²) in [6, 6.07) is -13.9. The number of likely N-dealkylation sites (N-methyl/N-ethyl adjacent to an activating group) is 6. The van der Waals surface area contributed by atoms with Crippen LogP contribution in [0.3, 0.4) is 0 Å². The minimum atomic E-state index is -3.04. The second-order valence-corrected chi connectivity index (χ2v) is 33.7. The molecular weight excluding hydrogens is 1370 g/mol. The minimum absolute atomic E-state index is 0.000745. The first-order valence-electron chi connectivity index (χ1n) is 39.3. The molecular formula is C77H133F2N13O14. The van der Waals surface area contributed by atoms with E-state index in [4.69, 9.17) is 4.74 Å². The molecule has 2 saturated carbocycles. The van der Waals surface area contributed by atoms with E-state index in [-0.39, 0.29) is 81.7 Å². The van der Waals surface area contributed by atoms with Crippen molar-refractivity contribution in [3.63, 3.8) is 0 Å². The number of alkyl halides is 2. The summed E-state index contributed by atoms with van der Waals surface area (Å²) in [6.45, 7) is 19.7. The second kappa shape index (κ2) is 41.3. The van der Waals surface area contributed by atoms with Crippen molar-refractivity contribution in [1.29, 1.82) is 0 Å². The van der Waals surface area contributed by atoms with Gasteiger partial charge in [0.15, 0.2) is 0 Å². The van der Waals surface area contributed by atoms with Crippen LogP contribution in [-0.4, -0.2) is 281 Å². The molecule has 0 aromatic rings. The van der Waals surface area contributed by atoms with E-state index in [1.165, 1.54) is 73.7 Å². The molecule has 5 rings (SSSR count). The monoisotopic (exact) mass is 1500 g/mol. The molecule has 27 nitrogen and oxygen atoms in total. The lowest BCUT2D eigenvalue weighted by molar-refractivity contribution is -0.153. The third kappa shape index (κ3) is 26.6. The average Bonchev–Trinajstić information content (AvgIpc) is 0.813. The first-order valence-corrected chi connectivity index (χ1v) is 39.3. The number of aliphatic hydroxyl groups is 1. The lowest BCUT2D eigenvalue weighted by atomic mass is 9.84. The molecule has 2 aliphatic carbocycles. The Labute approximate surface area is 629 Å². The fraction of sp³-hybridized carbons (Fsp3) is 0.844. The molecule has 0 spiro atoms. The molecule has 29 heteroatoms. The van der Waals surface area contributed by atoms with Crippen LogP contribution in [0.1, 0.15) is 218 Å². The normalized spacial score (nSPS) is 28.1. The van der Waals surface area contributed by atoms with Crippen LogP contribution < -0.4 is 26.6 Å². The highest BCUT2D eigenvalue weighted by molar-refractivity contribution is 6.00. The average molecular weight is 1500 g/mol. The number of piperidine rings is 2. The maximum absolute atomic E-state index is 15.7. The summed E-state index contributed by atoms with van der Waals surface area (Å²) in [4.78, 5) is 192. The molecule has 604 valence electrons. The fourth-order valence-electron chi connectivity index (χ4n) is 15.6. The van der Waals surface area contributed by atoms with Gasteiger partial charge in [-0.15, -0.1) is 0 Å². The van der Waals surface area contributed by atoms with Gasteiger partial charge in [0.05, 0.1) is 37.8 Å². The highest BCUT2D eigenvalue weighted by Gasteiger charge is 2.46. The van der Waals surface area contributed by atoms with Crippen molar-refractivity contribution in [3.8, 4) is 0 Å². The van der Waals surface area contributed by atoms with Gasteiger partial charge in [0.25, 0.3) is 5.92 Å². The number of ether oxygens (including phenoxy) is 1. The van der Waals surface area contributed by atoms with Crippen molar-refractivity contribution < 1.29 is 76.2 Å². The molecule has 6 N–H and O–H groups in total. The minimum Gasteiger partial charge on any atom is -0.391 e. The predicted molar refractivity (Wildman–Crippen MR) is 399 cm³/mol. The molecule has 0 bridgehead atoms. The molecule has 0 aromatic heterocycles. The van der Waals surface area contributed by atoms with Gasteiger partial charge in [0.1, 0.15) is 60.4 Å². The quantitative estimate of drug-likeness (QED) is 0.111. The summed E-state index contributed by atoms with van der Waals surface area (Å²) in [5.74, 6) is -13.8. The number of amides is 12. The van der Waals surface area contributed by atoms with Crippen LogP contribution in [0.15, 0.2) is 0 Å². The van der Waals surface area contributed by atoms with Crippen LogP contribution in [-0.2, 0) is 62.3 Å².